The maximum atomic E-state index is 11.9. The molecule has 1 rings (SSSR count). The minimum atomic E-state index is -0.251. The maximum Gasteiger partial charge on any atom is 0.251 e. The third-order valence-electron chi connectivity index (χ3n) is 2.89. The number of nitrogens with one attached hydrogen (secondary N) is 2. The predicted molar refractivity (Wildman–Crippen MR) is 78.2 cm³/mol. The van der Waals surface area contributed by atoms with Crippen molar-refractivity contribution in [2.75, 3.05) is 12.3 Å². The second-order valence-corrected chi connectivity index (χ2v) is 4.80. The van der Waals surface area contributed by atoms with Crippen molar-refractivity contribution < 1.29 is 9.59 Å². The Morgan fingerprint density at radius 2 is 2.10 bits per heavy atom. The number of hydrogen-bond donors (Lipinski definition) is 3. The topological polar surface area (TPSA) is 97.1 Å². The number of carbonyl (C=O) groups is 2. The lowest BCUT2D eigenvalue weighted by molar-refractivity contribution is -0.121. The Morgan fingerprint density at radius 1 is 1.40 bits per heavy atom. The van der Waals surface area contributed by atoms with E-state index < -0.39 is 0 Å². The van der Waals surface area contributed by atoms with Crippen LogP contribution in [-0.4, -0.2) is 29.4 Å². The Morgan fingerprint density at radius 3 is 2.70 bits per heavy atom. The van der Waals surface area contributed by atoms with Gasteiger partial charge < -0.3 is 16.4 Å². The zero-order valence-corrected chi connectivity index (χ0v) is 12.2. The van der Waals surface area contributed by atoms with Crippen LogP contribution in [0.3, 0.4) is 0 Å². The van der Waals surface area contributed by atoms with Gasteiger partial charge >= 0.3 is 0 Å². The van der Waals surface area contributed by atoms with E-state index >= 15 is 0 Å². The van der Waals surface area contributed by atoms with Crippen LogP contribution < -0.4 is 16.4 Å². The molecule has 0 aromatic carbocycles. The molecule has 0 radical (unpaired) electrons. The molecule has 0 aliphatic rings. The number of nitrogens with two attached hydrogens (primary N) is 1. The normalized spacial score (nSPS) is 11.8. The Balaban J connectivity index is 2.42. The molecule has 6 nitrogen and oxygen atoms in total. The number of hydrogen-bond acceptors (Lipinski definition) is 4. The summed E-state index contributed by atoms with van der Waals surface area (Å²) in [5, 5.41) is 5.53. The van der Waals surface area contributed by atoms with Gasteiger partial charge in [0.15, 0.2) is 0 Å². The van der Waals surface area contributed by atoms with Crippen molar-refractivity contribution in [3.05, 3.63) is 23.4 Å². The molecule has 0 saturated heterocycles. The van der Waals surface area contributed by atoms with E-state index in [1.807, 2.05) is 13.8 Å². The van der Waals surface area contributed by atoms with E-state index in [2.05, 4.69) is 15.6 Å². The fourth-order valence-electron chi connectivity index (χ4n) is 1.67. The van der Waals surface area contributed by atoms with Crippen molar-refractivity contribution in [1.29, 1.82) is 0 Å². The average Bonchev–Trinajstić information content (AvgIpc) is 2.37. The summed E-state index contributed by atoms with van der Waals surface area (Å²) in [6.07, 6.45) is 1.14. The molecular weight excluding hydrogens is 256 g/mol. The van der Waals surface area contributed by atoms with Gasteiger partial charge in [0.05, 0.1) is 0 Å². The second-order valence-electron chi connectivity index (χ2n) is 4.80. The summed E-state index contributed by atoms with van der Waals surface area (Å²) in [7, 11) is 0. The summed E-state index contributed by atoms with van der Waals surface area (Å²) in [6, 6.07) is 3.33. The van der Waals surface area contributed by atoms with E-state index in [1.165, 1.54) is 6.07 Å². The van der Waals surface area contributed by atoms with E-state index in [1.54, 1.807) is 13.0 Å². The molecule has 110 valence electrons. The van der Waals surface area contributed by atoms with Gasteiger partial charge in [0.25, 0.3) is 5.91 Å². The molecule has 2 amide bonds. The highest BCUT2D eigenvalue weighted by Gasteiger charge is 2.09. The van der Waals surface area contributed by atoms with Crippen molar-refractivity contribution in [2.24, 2.45) is 0 Å². The molecule has 1 atom stereocenters. The lowest BCUT2D eigenvalue weighted by Crippen LogP contribution is -2.35. The molecule has 0 saturated carbocycles. The Hall–Kier alpha value is -2.11. The molecule has 0 spiro atoms. The van der Waals surface area contributed by atoms with Crippen molar-refractivity contribution in [3.63, 3.8) is 0 Å². The summed E-state index contributed by atoms with van der Waals surface area (Å²) in [4.78, 5) is 27.4. The van der Waals surface area contributed by atoms with E-state index in [0.29, 0.717) is 23.6 Å². The van der Waals surface area contributed by atoms with Crippen molar-refractivity contribution in [1.82, 2.24) is 15.6 Å². The largest absolute Gasteiger partial charge is 0.384 e. The Kier molecular flexibility index (Phi) is 5.96. The van der Waals surface area contributed by atoms with Crippen molar-refractivity contribution in [3.8, 4) is 0 Å². The van der Waals surface area contributed by atoms with E-state index in [0.717, 1.165) is 6.42 Å². The van der Waals surface area contributed by atoms with Crippen LogP contribution in [0.15, 0.2) is 12.1 Å². The van der Waals surface area contributed by atoms with Gasteiger partial charge in [-0.3, -0.25) is 9.59 Å². The fraction of sp³-hybridized carbons (Fsp3) is 0.500. The van der Waals surface area contributed by atoms with Crippen LogP contribution in [0, 0.1) is 6.92 Å². The number of aryl methyl sites for hydroxylation is 1. The minimum Gasteiger partial charge on any atom is -0.384 e. The van der Waals surface area contributed by atoms with Crippen LogP contribution in [0.4, 0.5) is 5.82 Å². The molecule has 1 heterocycles. The molecule has 1 unspecified atom stereocenters. The SMILES string of the molecule is CCC(C)NC(=O)CCNC(=O)c1cc(C)nc(N)c1. The highest BCUT2D eigenvalue weighted by Crippen LogP contribution is 2.06. The van der Waals surface area contributed by atoms with Crippen LogP contribution in [0.2, 0.25) is 0 Å². The Bertz CT molecular complexity index is 468. The highest BCUT2D eigenvalue weighted by molar-refractivity contribution is 5.95. The number of carbonyl (C=O) groups excluding carboxylic acids is 2. The van der Waals surface area contributed by atoms with Crippen LogP contribution in [0.1, 0.15) is 42.7 Å². The molecule has 0 aliphatic carbocycles. The lowest BCUT2D eigenvalue weighted by atomic mass is 10.2. The van der Waals surface area contributed by atoms with E-state index in [4.69, 9.17) is 5.73 Å². The number of nitrogens with zero attached hydrogens (tertiary/aromatic N) is 1. The van der Waals surface area contributed by atoms with Crippen molar-refractivity contribution in [2.45, 2.75) is 39.7 Å². The molecule has 4 N–H and O–H groups in total. The molecular formula is C14H22N4O2. The second kappa shape index (κ2) is 7.47. The van der Waals surface area contributed by atoms with E-state index in [-0.39, 0.29) is 24.3 Å². The van der Waals surface area contributed by atoms with Gasteiger partial charge in [-0.05, 0) is 32.4 Å². The third-order valence-corrected chi connectivity index (χ3v) is 2.89. The van der Waals surface area contributed by atoms with Gasteiger partial charge in [0.2, 0.25) is 5.91 Å². The van der Waals surface area contributed by atoms with Gasteiger partial charge in [-0.2, -0.15) is 0 Å². The first-order chi connectivity index (χ1) is 9.42. The molecule has 20 heavy (non-hydrogen) atoms. The first-order valence-electron chi connectivity index (χ1n) is 6.74. The predicted octanol–water partition coefficient (Wildman–Crippen LogP) is 1.01. The summed E-state index contributed by atoms with van der Waals surface area (Å²) >= 11 is 0. The number of anilines is 1. The number of rotatable bonds is 6. The zero-order chi connectivity index (χ0) is 15.1. The standard InChI is InChI=1S/C14H22N4O2/c1-4-9(2)18-13(19)5-6-16-14(20)11-7-10(3)17-12(15)8-11/h7-9H,4-6H2,1-3H3,(H2,15,17)(H,16,20)(H,18,19). The number of pyridine rings is 1. The molecule has 0 bridgehead atoms. The smallest absolute Gasteiger partial charge is 0.251 e. The molecule has 0 aliphatic heterocycles. The van der Waals surface area contributed by atoms with Gasteiger partial charge in [-0.25, -0.2) is 4.98 Å². The summed E-state index contributed by atoms with van der Waals surface area (Å²) in [5.74, 6) is -0.00623. The summed E-state index contributed by atoms with van der Waals surface area (Å²) < 4.78 is 0. The molecule has 1 aromatic heterocycles. The maximum absolute atomic E-state index is 11.9. The molecule has 1 aromatic rings. The van der Waals surface area contributed by atoms with Crippen LogP contribution in [-0.2, 0) is 4.79 Å². The first kappa shape index (κ1) is 15.9. The zero-order valence-electron chi connectivity index (χ0n) is 12.2. The minimum absolute atomic E-state index is 0.0647. The van der Waals surface area contributed by atoms with Crippen molar-refractivity contribution >= 4 is 17.6 Å². The highest BCUT2D eigenvalue weighted by atomic mass is 16.2. The summed E-state index contributed by atoms with van der Waals surface area (Å²) in [6.45, 7) is 6.01. The van der Waals surface area contributed by atoms with Gasteiger partial charge in [0, 0.05) is 30.3 Å². The summed E-state index contributed by atoms with van der Waals surface area (Å²) in [5.41, 5.74) is 6.73. The number of amides is 2. The average molecular weight is 278 g/mol. The monoisotopic (exact) mass is 278 g/mol. The van der Waals surface area contributed by atoms with Crippen LogP contribution in [0.25, 0.3) is 0 Å². The van der Waals surface area contributed by atoms with Gasteiger partial charge in [0.1, 0.15) is 5.82 Å². The first-order valence-corrected chi connectivity index (χ1v) is 6.74. The Labute approximate surface area is 119 Å². The fourth-order valence-corrected chi connectivity index (χ4v) is 1.67. The molecule has 0 fully saturated rings. The van der Waals surface area contributed by atoms with Crippen LogP contribution >= 0.6 is 0 Å². The van der Waals surface area contributed by atoms with Crippen LogP contribution in [0.5, 0.6) is 0 Å². The number of nitrogen functional groups attached to an aromatic ring is 1. The molecule has 6 heteroatoms. The number of aromatic nitrogens is 1. The van der Waals surface area contributed by atoms with E-state index in [9.17, 15) is 9.59 Å². The lowest BCUT2D eigenvalue weighted by Gasteiger charge is -2.11. The van der Waals surface area contributed by atoms with Gasteiger partial charge in [-0.15, -0.1) is 0 Å². The third kappa shape index (κ3) is 5.26. The quantitative estimate of drug-likeness (QED) is 0.723. The van der Waals surface area contributed by atoms with Gasteiger partial charge in [-0.1, -0.05) is 6.92 Å².